The number of fused-ring (bicyclic) bond motifs is 1. The van der Waals surface area contributed by atoms with E-state index in [1.807, 2.05) is 6.20 Å². The Labute approximate surface area is 105 Å². The van der Waals surface area contributed by atoms with E-state index < -0.39 is 0 Å². The topological polar surface area (TPSA) is 50.9 Å². The van der Waals surface area contributed by atoms with E-state index in [4.69, 9.17) is 5.73 Å². The van der Waals surface area contributed by atoms with Crippen LogP contribution in [0.4, 0.5) is 5.82 Å². The van der Waals surface area contributed by atoms with Crippen LogP contribution in [0.25, 0.3) is 10.1 Å². The minimum atomic E-state index is 0.401. The summed E-state index contributed by atoms with van der Waals surface area (Å²) in [5.41, 5.74) is 5.92. The van der Waals surface area contributed by atoms with Gasteiger partial charge >= 0.3 is 0 Å². The quantitative estimate of drug-likeness (QED) is 0.857. The summed E-state index contributed by atoms with van der Waals surface area (Å²) in [7, 11) is 0. The first-order valence-electron chi connectivity index (χ1n) is 6.17. The summed E-state index contributed by atoms with van der Waals surface area (Å²) < 4.78 is 1.30. The average Bonchev–Trinajstić information content (AvgIpc) is 2.81. The van der Waals surface area contributed by atoms with E-state index in [0.717, 1.165) is 31.5 Å². The number of nitrogens with two attached hydrogens (primary N) is 1. The Morgan fingerprint density at radius 2 is 2.06 bits per heavy atom. The monoisotopic (exact) mass is 247 g/mol. The van der Waals surface area contributed by atoms with Gasteiger partial charge in [0.1, 0.15) is 5.82 Å². The Kier molecular flexibility index (Phi) is 2.99. The third-order valence-corrected chi connectivity index (χ3v) is 4.37. The largest absolute Gasteiger partial charge is 0.367 e. The number of hydrogen-bond donors (Lipinski definition) is 2. The van der Waals surface area contributed by atoms with Crippen LogP contribution in [0.5, 0.6) is 0 Å². The van der Waals surface area contributed by atoms with Crippen LogP contribution in [0, 0.1) is 0 Å². The highest BCUT2D eigenvalue weighted by molar-refractivity contribution is 7.17. The van der Waals surface area contributed by atoms with Crippen molar-refractivity contribution in [2.75, 3.05) is 5.32 Å². The first kappa shape index (κ1) is 11.0. The molecule has 0 unspecified atom stereocenters. The molecule has 0 aromatic carbocycles. The fraction of sp³-hybridized carbons (Fsp3) is 0.462. The zero-order valence-electron chi connectivity index (χ0n) is 9.73. The molecule has 3 rings (SSSR count). The van der Waals surface area contributed by atoms with Crippen LogP contribution in [-0.2, 0) is 0 Å². The molecule has 2 heterocycles. The molecule has 1 aliphatic rings. The summed E-state index contributed by atoms with van der Waals surface area (Å²) in [4.78, 5) is 4.46. The molecule has 0 saturated heterocycles. The Balaban J connectivity index is 1.78. The number of thiophene rings is 1. The molecule has 0 amide bonds. The lowest BCUT2D eigenvalue weighted by molar-refractivity contribution is 0.410. The van der Waals surface area contributed by atoms with Gasteiger partial charge in [0.05, 0.1) is 0 Å². The van der Waals surface area contributed by atoms with E-state index >= 15 is 0 Å². The summed E-state index contributed by atoms with van der Waals surface area (Å²) >= 11 is 1.76. The Morgan fingerprint density at radius 3 is 2.88 bits per heavy atom. The molecular weight excluding hydrogens is 230 g/mol. The Morgan fingerprint density at radius 1 is 1.24 bits per heavy atom. The molecular formula is C13H17N3S. The standard InChI is InChI=1S/C13H17N3S/c14-9-1-3-10(4-2-9)16-13-11-6-8-17-12(11)5-7-15-13/h5-10H,1-4,14H2,(H,15,16). The summed E-state index contributed by atoms with van der Waals surface area (Å²) in [6, 6.07) is 5.15. The SMILES string of the molecule is NC1CCC(Nc2nccc3sccc23)CC1. The molecule has 3 N–H and O–H groups in total. The molecule has 0 spiro atoms. The van der Waals surface area contributed by atoms with Gasteiger partial charge in [-0.2, -0.15) is 0 Å². The van der Waals surface area contributed by atoms with Crippen LogP contribution in [-0.4, -0.2) is 17.1 Å². The Hall–Kier alpha value is -1.13. The molecule has 0 aliphatic heterocycles. The van der Waals surface area contributed by atoms with Crippen molar-refractivity contribution in [2.24, 2.45) is 5.73 Å². The lowest BCUT2D eigenvalue weighted by Crippen LogP contribution is -2.33. The molecule has 1 fully saturated rings. The zero-order chi connectivity index (χ0) is 11.7. The molecule has 3 nitrogen and oxygen atoms in total. The summed E-state index contributed by atoms with van der Waals surface area (Å²) in [6.07, 6.45) is 6.44. The normalized spacial score (nSPS) is 25.0. The van der Waals surface area contributed by atoms with Crippen molar-refractivity contribution in [3.05, 3.63) is 23.7 Å². The van der Waals surface area contributed by atoms with E-state index in [1.54, 1.807) is 11.3 Å². The zero-order valence-corrected chi connectivity index (χ0v) is 10.5. The Bertz CT molecular complexity index is 500. The van der Waals surface area contributed by atoms with Gasteiger partial charge < -0.3 is 11.1 Å². The number of hydrogen-bond acceptors (Lipinski definition) is 4. The average molecular weight is 247 g/mol. The van der Waals surface area contributed by atoms with Crippen LogP contribution in [0.15, 0.2) is 23.7 Å². The second kappa shape index (κ2) is 4.63. The second-order valence-corrected chi connectivity index (χ2v) is 5.70. The van der Waals surface area contributed by atoms with Crippen molar-refractivity contribution >= 4 is 27.2 Å². The maximum Gasteiger partial charge on any atom is 0.134 e. The van der Waals surface area contributed by atoms with Crippen molar-refractivity contribution in [1.29, 1.82) is 0 Å². The summed E-state index contributed by atoms with van der Waals surface area (Å²) in [5, 5.41) is 6.93. The van der Waals surface area contributed by atoms with Gasteiger partial charge in [-0.3, -0.25) is 0 Å². The number of pyridine rings is 1. The van der Waals surface area contributed by atoms with Crippen LogP contribution in [0.3, 0.4) is 0 Å². The maximum absolute atomic E-state index is 5.92. The highest BCUT2D eigenvalue weighted by atomic mass is 32.1. The predicted octanol–water partition coefficient (Wildman–Crippen LogP) is 2.98. The first-order valence-corrected chi connectivity index (χ1v) is 7.05. The summed E-state index contributed by atoms with van der Waals surface area (Å²) in [6.45, 7) is 0. The van der Waals surface area contributed by atoms with Crippen molar-refractivity contribution in [2.45, 2.75) is 37.8 Å². The van der Waals surface area contributed by atoms with Crippen molar-refractivity contribution in [3.63, 3.8) is 0 Å². The molecule has 17 heavy (non-hydrogen) atoms. The van der Waals surface area contributed by atoms with Gasteiger partial charge in [-0.25, -0.2) is 4.98 Å². The van der Waals surface area contributed by atoms with Gasteiger partial charge in [0, 0.05) is 28.4 Å². The van der Waals surface area contributed by atoms with Crippen molar-refractivity contribution < 1.29 is 0 Å². The van der Waals surface area contributed by atoms with Gasteiger partial charge in [-0.15, -0.1) is 11.3 Å². The lowest BCUT2D eigenvalue weighted by atomic mass is 9.92. The van der Waals surface area contributed by atoms with Gasteiger partial charge in [0.2, 0.25) is 0 Å². The molecule has 0 radical (unpaired) electrons. The van der Waals surface area contributed by atoms with Gasteiger partial charge in [0.25, 0.3) is 0 Å². The third kappa shape index (κ3) is 2.28. The van der Waals surface area contributed by atoms with E-state index in [-0.39, 0.29) is 0 Å². The number of nitrogens with one attached hydrogen (secondary N) is 1. The number of rotatable bonds is 2. The van der Waals surface area contributed by atoms with Crippen LogP contribution in [0.1, 0.15) is 25.7 Å². The molecule has 0 atom stereocenters. The molecule has 2 aromatic heterocycles. The highest BCUT2D eigenvalue weighted by Gasteiger charge is 2.19. The number of anilines is 1. The molecule has 90 valence electrons. The van der Waals surface area contributed by atoms with Crippen molar-refractivity contribution in [1.82, 2.24) is 4.98 Å². The molecule has 4 heteroatoms. The highest BCUT2D eigenvalue weighted by Crippen LogP contribution is 2.28. The molecule has 0 bridgehead atoms. The number of nitrogens with zero attached hydrogens (tertiary/aromatic N) is 1. The van der Waals surface area contributed by atoms with Crippen LogP contribution in [0.2, 0.25) is 0 Å². The number of aromatic nitrogens is 1. The third-order valence-electron chi connectivity index (χ3n) is 3.49. The second-order valence-electron chi connectivity index (χ2n) is 4.75. The predicted molar refractivity (Wildman–Crippen MR) is 73.5 cm³/mol. The van der Waals surface area contributed by atoms with Crippen molar-refractivity contribution in [3.8, 4) is 0 Å². The minimum absolute atomic E-state index is 0.401. The van der Waals surface area contributed by atoms with Crippen LogP contribution >= 0.6 is 11.3 Å². The molecule has 1 saturated carbocycles. The first-order chi connectivity index (χ1) is 8.33. The molecule has 1 aliphatic carbocycles. The van der Waals surface area contributed by atoms with E-state index in [0.29, 0.717) is 12.1 Å². The van der Waals surface area contributed by atoms with E-state index in [2.05, 4.69) is 27.8 Å². The van der Waals surface area contributed by atoms with Gasteiger partial charge in [0.15, 0.2) is 0 Å². The van der Waals surface area contributed by atoms with E-state index in [1.165, 1.54) is 10.1 Å². The van der Waals surface area contributed by atoms with Crippen LogP contribution < -0.4 is 11.1 Å². The van der Waals surface area contributed by atoms with Gasteiger partial charge in [-0.05, 0) is 43.2 Å². The van der Waals surface area contributed by atoms with Gasteiger partial charge in [-0.1, -0.05) is 0 Å². The summed E-state index contributed by atoms with van der Waals surface area (Å²) in [5.74, 6) is 1.03. The molecule has 2 aromatic rings. The fourth-order valence-corrected chi connectivity index (χ4v) is 3.25. The minimum Gasteiger partial charge on any atom is -0.367 e. The smallest absolute Gasteiger partial charge is 0.134 e. The maximum atomic E-state index is 5.92. The van der Waals surface area contributed by atoms with E-state index in [9.17, 15) is 0 Å². The lowest BCUT2D eigenvalue weighted by Gasteiger charge is -2.27. The fourth-order valence-electron chi connectivity index (χ4n) is 2.47.